The van der Waals surface area contributed by atoms with Crippen molar-refractivity contribution in [3.05, 3.63) is 48.6 Å². The maximum absolute atomic E-state index is 11.7. The molecule has 1 saturated heterocycles. The van der Waals surface area contributed by atoms with Crippen LogP contribution in [0.2, 0.25) is 0 Å². The summed E-state index contributed by atoms with van der Waals surface area (Å²) in [6.45, 7) is 8.61. The third-order valence-corrected chi connectivity index (χ3v) is 4.84. The van der Waals surface area contributed by atoms with Gasteiger partial charge >= 0.3 is 5.97 Å². The average Bonchev–Trinajstić information content (AvgIpc) is 2.60. The van der Waals surface area contributed by atoms with Crippen molar-refractivity contribution in [3.63, 3.8) is 0 Å². The molecule has 2 rings (SSSR count). The number of carbonyl (C=O) groups is 1. The predicted octanol–water partition coefficient (Wildman–Crippen LogP) is 3.75. The van der Waals surface area contributed by atoms with Gasteiger partial charge in [-0.15, -0.1) is 6.58 Å². The Kier molecular flexibility index (Phi) is 7.00. The molecule has 1 aromatic rings. The Hall–Kier alpha value is -1.65. The van der Waals surface area contributed by atoms with E-state index in [2.05, 4.69) is 32.6 Å². The fourth-order valence-electron chi connectivity index (χ4n) is 3.36. The number of benzene rings is 1. The van der Waals surface area contributed by atoms with Crippen molar-refractivity contribution < 1.29 is 19.0 Å². The van der Waals surface area contributed by atoms with Crippen LogP contribution in [0.5, 0.6) is 0 Å². The summed E-state index contributed by atoms with van der Waals surface area (Å²) in [5, 5.41) is 0. The topological polar surface area (TPSA) is 44.8 Å². The molecule has 4 nitrogen and oxygen atoms in total. The minimum absolute atomic E-state index is 0.00845. The largest absolute Gasteiger partial charge is 0.469 e. The lowest BCUT2D eigenvalue weighted by molar-refractivity contribution is -0.189. The highest BCUT2D eigenvalue weighted by Gasteiger charge is 2.42. The van der Waals surface area contributed by atoms with E-state index in [0.29, 0.717) is 6.61 Å². The van der Waals surface area contributed by atoms with Gasteiger partial charge in [-0.2, -0.15) is 0 Å². The highest BCUT2D eigenvalue weighted by Crippen LogP contribution is 2.35. The number of methoxy groups -OCH3 is 1. The molecule has 0 unspecified atom stereocenters. The van der Waals surface area contributed by atoms with Crippen molar-refractivity contribution in [2.24, 2.45) is 11.8 Å². The predicted molar refractivity (Wildman–Crippen MR) is 93.5 cm³/mol. The third-order valence-electron chi connectivity index (χ3n) is 4.84. The molecule has 1 aliphatic rings. The van der Waals surface area contributed by atoms with Crippen LogP contribution in [0.1, 0.15) is 32.3 Å². The van der Waals surface area contributed by atoms with Gasteiger partial charge in [0, 0.05) is 11.8 Å². The summed E-state index contributed by atoms with van der Waals surface area (Å²) in [6, 6.07) is 10.1. The smallest absolute Gasteiger partial charge is 0.308 e. The fraction of sp³-hybridized carbons (Fsp3) is 0.550. The quantitative estimate of drug-likeness (QED) is 0.563. The summed E-state index contributed by atoms with van der Waals surface area (Å²) >= 11 is 0. The van der Waals surface area contributed by atoms with Crippen LogP contribution in [0.25, 0.3) is 0 Å². The summed E-state index contributed by atoms with van der Waals surface area (Å²) in [5.41, 5.74) is 1.15. The number of rotatable bonds is 7. The van der Waals surface area contributed by atoms with E-state index in [1.807, 2.05) is 24.3 Å². The molecule has 1 aliphatic heterocycles. The van der Waals surface area contributed by atoms with Crippen molar-refractivity contribution in [1.29, 1.82) is 0 Å². The van der Waals surface area contributed by atoms with Crippen molar-refractivity contribution in [2.75, 3.05) is 7.11 Å². The van der Waals surface area contributed by atoms with E-state index in [-0.39, 0.29) is 42.5 Å². The van der Waals surface area contributed by atoms with E-state index in [1.165, 1.54) is 7.11 Å². The second-order valence-electron chi connectivity index (χ2n) is 6.50. The van der Waals surface area contributed by atoms with E-state index >= 15 is 0 Å². The fourth-order valence-corrected chi connectivity index (χ4v) is 3.36. The normalized spacial score (nSPS) is 29.9. The van der Waals surface area contributed by atoms with Gasteiger partial charge in [0.05, 0.1) is 38.4 Å². The lowest BCUT2D eigenvalue weighted by Crippen LogP contribution is -2.50. The number of esters is 1. The van der Waals surface area contributed by atoms with E-state index in [9.17, 15) is 4.79 Å². The minimum Gasteiger partial charge on any atom is -0.469 e. The highest BCUT2D eigenvalue weighted by atomic mass is 16.5. The van der Waals surface area contributed by atoms with Crippen LogP contribution in [0.15, 0.2) is 43.0 Å². The molecule has 132 valence electrons. The number of hydrogen-bond donors (Lipinski definition) is 0. The van der Waals surface area contributed by atoms with Gasteiger partial charge in [0.2, 0.25) is 0 Å². The molecule has 0 amide bonds. The van der Waals surface area contributed by atoms with Crippen LogP contribution in [0.3, 0.4) is 0 Å². The van der Waals surface area contributed by atoms with Crippen LogP contribution < -0.4 is 0 Å². The first kappa shape index (κ1) is 18.7. The van der Waals surface area contributed by atoms with E-state index < -0.39 is 0 Å². The molecule has 24 heavy (non-hydrogen) atoms. The zero-order chi connectivity index (χ0) is 17.5. The Morgan fingerprint density at radius 1 is 1.21 bits per heavy atom. The van der Waals surface area contributed by atoms with Gasteiger partial charge in [0.1, 0.15) is 0 Å². The standard InChI is InChI=1S/C20H28O4/c1-5-9-17-14(2)20(23-13-16-10-7-6-8-11-16)15(3)18(24-17)12-19(21)22-4/h5-8,10-11,14-15,17-18,20H,1,9,12-13H2,2-4H3/t14-,15+,17-,18-,20-/m1/s1. The van der Waals surface area contributed by atoms with Crippen LogP contribution in [0.4, 0.5) is 0 Å². The van der Waals surface area contributed by atoms with Gasteiger partial charge in [0.25, 0.3) is 0 Å². The minimum atomic E-state index is -0.249. The first-order valence-electron chi connectivity index (χ1n) is 8.55. The van der Waals surface area contributed by atoms with E-state index in [4.69, 9.17) is 14.2 Å². The molecule has 1 heterocycles. The van der Waals surface area contributed by atoms with Crippen LogP contribution in [0, 0.1) is 11.8 Å². The summed E-state index contributed by atoms with van der Waals surface area (Å²) in [4.78, 5) is 11.7. The number of ether oxygens (including phenoxy) is 3. The SMILES string of the molecule is C=CC[C@H]1O[C@H](CC(=O)OC)[C@H](C)[C@H](OCc2ccccc2)[C@@H]1C. The molecular weight excluding hydrogens is 304 g/mol. The summed E-state index contributed by atoms with van der Waals surface area (Å²) in [7, 11) is 1.41. The molecule has 0 saturated carbocycles. The molecule has 5 atom stereocenters. The van der Waals surface area contributed by atoms with Gasteiger partial charge in [-0.1, -0.05) is 50.3 Å². The van der Waals surface area contributed by atoms with Crippen LogP contribution in [-0.2, 0) is 25.6 Å². The molecule has 0 aromatic heterocycles. The van der Waals surface area contributed by atoms with Crippen molar-refractivity contribution >= 4 is 5.97 Å². The van der Waals surface area contributed by atoms with Crippen LogP contribution >= 0.6 is 0 Å². The molecule has 1 aromatic carbocycles. The molecule has 0 N–H and O–H groups in total. The van der Waals surface area contributed by atoms with Crippen molar-refractivity contribution in [1.82, 2.24) is 0 Å². The lowest BCUT2D eigenvalue weighted by Gasteiger charge is -2.44. The maximum atomic E-state index is 11.7. The molecule has 4 heteroatoms. The maximum Gasteiger partial charge on any atom is 0.308 e. The summed E-state index contributed by atoms with van der Waals surface area (Å²) in [6.07, 6.45) is 2.70. The van der Waals surface area contributed by atoms with Crippen LogP contribution in [-0.4, -0.2) is 31.4 Å². The van der Waals surface area contributed by atoms with Gasteiger partial charge < -0.3 is 14.2 Å². The zero-order valence-electron chi connectivity index (χ0n) is 14.8. The molecule has 0 aliphatic carbocycles. The highest BCUT2D eigenvalue weighted by molar-refractivity contribution is 5.69. The Morgan fingerprint density at radius 2 is 1.88 bits per heavy atom. The molecule has 0 radical (unpaired) electrons. The Bertz CT molecular complexity index is 528. The van der Waals surface area contributed by atoms with Gasteiger partial charge in [-0.3, -0.25) is 4.79 Å². The Morgan fingerprint density at radius 3 is 2.50 bits per heavy atom. The Labute approximate surface area is 144 Å². The Balaban J connectivity index is 2.08. The molecule has 1 fully saturated rings. The second-order valence-corrected chi connectivity index (χ2v) is 6.50. The number of hydrogen-bond acceptors (Lipinski definition) is 4. The lowest BCUT2D eigenvalue weighted by atomic mass is 9.80. The zero-order valence-corrected chi connectivity index (χ0v) is 14.8. The first-order chi connectivity index (χ1) is 11.6. The van der Waals surface area contributed by atoms with Gasteiger partial charge in [-0.05, 0) is 12.0 Å². The molecule has 0 bridgehead atoms. The van der Waals surface area contributed by atoms with Crippen molar-refractivity contribution in [3.8, 4) is 0 Å². The second kappa shape index (κ2) is 9.00. The molecule has 0 spiro atoms. The molecular formula is C20H28O4. The van der Waals surface area contributed by atoms with Gasteiger partial charge in [-0.25, -0.2) is 0 Å². The first-order valence-corrected chi connectivity index (χ1v) is 8.55. The monoisotopic (exact) mass is 332 g/mol. The summed E-state index contributed by atoms with van der Waals surface area (Å²) in [5.74, 6) is 0.0973. The average molecular weight is 332 g/mol. The van der Waals surface area contributed by atoms with Gasteiger partial charge in [0.15, 0.2) is 0 Å². The van der Waals surface area contributed by atoms with E-state index in [1.54, 1.807) is 0 Å². The third kappa shape index (κ3) is 4.68. The van der Waals surface area contributed by atoms with Crippen molar-refractivity contribution in [2.45, 2.75) is 51.6 Å². The summed E-state index contributed by atoms with van der Waals surface area (Å²) < 4.78 is 17.2. The number of carbonyl (C=O) groups excluding carboxylic acids is 1. The van der Waals surface area contributed by atoms with E-state index in [0.717, 1.165) is 12.0 Å².